The molecule has 3 N–H and O–H groups in total. The number of nitrogens with zero attached hydrogens (tertiary/aromatic N) is 1. The van der Waals surface area contributed by atoms with E-state index in [-0.39, 0.29) is 18.6 Å². The summed E-state index contributed by atoms with van der Waals surface area (Å²) in [6, 6.07) is 11.0. The van der Waals surface area contributed by atoms with Crippen molar-refractivity contribution < 1.29 is 9.90 Å². The number of aryl methyl sites for hydroxylation is 1. The van der Waals surface area contributed by atoms with Crippen LogP contribution in [0.3, 0.4) is 0 Å². The molecular weight excluding hydrogens is 278 g/mol. The first-order valence-electron chi connectivity index (χ1n) is 7.34. The minimum absolute atomic E-state index is 0.0140. The fraction of sp³-hybridized carbons (Fsp3) is 0.294. The molecule has 1 unspecified atom stereocenters. The summed E-state index contributed by atoms with van der Waals surface area (Å²) < 4.78 is 0. The molecule has 116 valence electrons. The van der Waals surface area contributed by atoms with Gasteiger partial charge in [0.15, 0.2) is 0 Å². The quantitative estimate of drug-likeness (QED) is 0.767. The number of pyridine rings is 1. The van der Waals surface area contributed by atoms with Crippen molar-refractivity contribution in [2.75, 3.05) is 17.2 Å². The number of aliphatic hydroxyl groups is 1. The first kappa shape index (κ1) is 16.0. The number of rotatable bonds is 6. The maximum atomic E-state index is 12.2. The zero-order valence-corrected chi connectivity index (χ0v) is 12.8. The van der Waals surface area contributed by atoms with Gasteiger partial charge in [0.1, 0.15) is 5.82 Å². The van der Waals surface area contributed by atoms with Crippen LogP contribution in [0.2, 0.25) is 0 Å². The third-order valence-corrected chi connectivity index (χ3v) is 3.48. The van der Waals surface area contributed by atoms with Crippen molar-refractivity contribution in [3.63, 3.8) is 0 Å². The number of anilines is 2. The van der Waals surface area contributed by atoms with Gasteiger partial charge in [-0.25, -0.2) is 4.98 Å². The second-order valence-electron chi connectivity index (χ2n) is 5.13. The van der Waals surface area contributed by atoms with Crippen LogP contribution in [0.4, 0.5) is 11.5 Å². The molecule has 0 bridgehead atoms. The summed E-state index contributed by atoms with van der Waals surface area (Å²) >= 11 is 0. The molecule has 5 heteroatoms. The van der Waals surface area contributed by atoms with E-state index in [9.17, 15) is 4.79 Å². The molecule has 22 heavy (non-hydrogen) atoms. The molecule has 2 rings (SSSR count). The summed E-state index contributed by atoms with van der Waals surface area (Å²) in [4.78, 5) is 16.4. The van der Waals surface area contributed by atoms with Crippen LogP contribution in [0.15, 0.2) is 42.6 Å². The molecule has 0 saturated heterocycles. The average molecular weight is 299 g/mol. The third-order valence-electron chi connectivity index (χ3n) is 3.48. The fourth-order valence-electron chi connectivity index (χ4n) is 2.07. The van der Waals surface area contributed by atoms with E-state index in [2.05, 4.69) is 15.6 Å². The number of hydrogen-bond donors (Lipinski definition) is 3. The number of carbonyl (C=O) groups excluding carboxylic acids is 1. The Morgan fingerprint density at radius 3 is 2.64 bits per heavy atom. The average Bonchev–Trinajstić information content (AvgIpc) is 2.54. The van der Waals surface area contributed by atoms with Gasteiger partial charge >= 0.3 is 0 Å². The Balaban J connectivity index is 2.02. The molecule has 1 aromatic heterocycles. The van der Waals surface area contributed by atoms with Crippen molar-refractivity contribution in [2.45, 2.75) is 26.3 Å². The first-order chi connectivity index (χ1) is 10.6. The van der Waals surface area contributed by atoms with Gasteiger partial charge in [0.2, 0.25) is 0 Å². The van der Waals surface area contributed by atoms with Crippen LogP contribution in [0, 0.1) is 6.92 Å². The highest BCUT2D eigenvalue weighted by molar-refractivity contribution is 6.05. The smallest absolute Gasteiger partial charge is 0.255 e. The number of hydrogen-bond acceptors (Lipinski definition) is 4. The molecule has 1 aromatic carbocycles. The van der Waals surface area contributed by atoms with Crippen molar-refractivity contribution in [2.24, 2.45) is 0 Å². The number of carbonyl (C=O) groups is 1. The van der Waals surface area contributed by atoms with E-state index < -0.39 is 0 Å². The van der Waals surface area contributed by atoms with Gasteiger partial charge in [0.05, 0.1) is 24.5 Å². The minimum atomic E-state index is -0.151. The van der Waals surface area contributed by atoms with Gasteiger partial charge in [-0.2, -0.15) is 0 Å². The van der Waals surface area contributed by atoms with Crippen LogP contribution in [0.1, 0.15) is 29.3 Å². The van der Waals surface area contributed by atoms with E-state index in [0.717, 1.165) is 12.0 Å². The molecule has 0 fully saturated rings. The predicted octanol–water partition coefficient (Wildman–Crippen LogP) is 2.83. The van der Waals surface area contributed by atoms with Crippen LogP contribution in [0.5, 0.6) is 0 Å². The van der Waals surface area contributed by atoms with Crippen LogP contribution in [0.25, 0.3) is 0 Å². The van der Waals surface area contributed by atoms with Crippen molar-refractivity contribution in [1.82, 2.24) is 4.98 Å². The monoisotopic (exact) mass is 299 g/mol. The predicted molar refractivity (Wildman–Crippen MR) is 88.2 cm³/mol. The summed E-state index contributed by atoms with van der Waals surface area (Å²) in [7, 11) is 0. The minimum Gasteiger partial charge on any atom is -0.394 e. The van der Waals surface area contributed by atoms with Gasteiger partial charge in [0, 0.05) is 5.56 Å². The van der Waals surface area contributed by atoms with Crippen molar-refractivity contribution in [1.29, 1.82) is 0 Å². The summed E-state index contributed by atoms with van der Waals surface area (Å²) in [5, 5.41) is 15.1. The lowest BCUT2D eigenvalue weighted by atomic mass is 10.1. The Morgan fingerprint density at radius 1 is 1.27 bits per heavy atom. The normalized spacial score (nSPS) is 11.8. The molecule has 2 aromatic rings. The highest BCUT2D eigenvalue weighted by Crippen LogP contribution is 2.14. The topological polar surface area (TPSA) is 74.2 Å². The maximum absolute atomic E-state index is 12.2. The van der Waals surface area contributed by atoms with Crippen LogP contribution >= 0.6 is 0 Å². The number of nitrogens with one attached hydrogen (secondary N) is 2. The third kappa shape index (κ3) is 4.05. The molecule has 1 atom stereocenters. The first-order valence-corrected chi connectivity index (χ1v) is 7.34. The van der Waals surface area contributed by atoms with Gasteiger partial charge in [-0.15, -0.1) is 0 Å². The van der Waals surface area contributed by atoms with Gasteiger partial charge in [-0.3, -0.25) is 4.79 Å². The molecule has 0 radical (unpaired) electrons. The Morgan fingerprint density at radius 2 is 2.05 bits per heavy atom. The maximum Gasteiger partial charge on any atom is 0.255 e. The van der Waals surface area contributed by atoms with Crippen molar-refractivity contribution >= 4 is 17.4 Å². The number of aromatic nitrogens is 1. The summed E-state index contributed by atoms with van der Waals surface area (Å²) in [5.74, 6) is 0.525. The lowest BCUT2D eigenvalue weighted by Crippen LogP contribution is -2.23. The standard InChI is InChI=1S/C17H21N3O2/c1-3-13(11-21)19-16-9-8-14(10-18-16)20-17(22)15-7-5-4-6-12(15)2/h4-10,13,21H,3,11H2,1-2H3,(H,18,19)(H,20,22). The largest absolute Gasteiger partial charge is 0.394 e. The fourth-order valence-corrected chi connectivity index (χ4v) is 2.07. The lowest BCUT2D eigenvalue weighted by Gasteiger charge is -2.15. The van der Waals surface area contributed by atoms with Crippen LogP contribution < -0.4 is 10.6 Å². The van der Waals surface area contributed by atoms with E-state index in [0.29, 0.717) is 17.1 Å². The van der Waals surface area contributed by atoms with Gasteiger partial charge in [0.25, 0.3) is 5.91 Å². The second-order valence-corrected chi connectivity index (χ2v) is 5.13. The van der Waals surface area contributed by atoms with Crippen molar-refractivity contribution in [3.8, 4) is 0 Å². The van der Waals surface area contributed by atoms with E-state index in [4.69, 9.17) is 5.11 Å². The molecule has 0 spiro atoms. The molecule has 0 aliphatic rings. The van der Waals surface area contributed by atoms with E-state index in [1.165, 1.54) is 0 Å². The molecular formula is C17H21N3O2. The molecule has 0 aliphatic heterocycles. The zero-order chi connectivity index (χ0) is 15.9. The molecule has 0 aliphatic carbocycles. The van der Waals surface area contributed by atoms with Gasteiger partial charge < -0.3 is 15.7 Å². The molecule has 0 saturated carbocycles. The Bertz CT molecular complexity index is 622. The summed E-state index contributed by atoms with van der Waals surface area (Å²) in [5.41, 5.74) is 2.21. The molecule has 1 heterocycles. The van der Waals surface area contributed by atoms with Crippen molar-refractivity contribution in [3.05, 3.63) is 53.7 Å². The number of aliphatic hydroxyl groups excluding tert-OH is 1. The summed E-state index contributed by atoms with van der Waals surface area (Å²) in [6.45, 7) is 3.95. The molecule has 5 nitrogen and oxygen atoms in total. The highest BCUT2D eigenvalue weighted by atomic mass is 16.3. The summed E-state index contributed by atoms with van der Waals surface area (Å²) in [6.07, 6.45) is 2.41. The highest BCUT2D eigenvalue weighted by Gasteiger charge is 2.09. The van der Waals surface area contributed by atoms with E-state index in [1.807, 2.05) is 32.0 Å². The Hall–Kier alpha value is -2.40. The van der Waals surface area contributed by atoms with E-state index >= 15 is 0 Å². The van der Waals surface area contributed by atoms with Gasteiger partial charge in [-0.1, -0.05) is 25.1 Å². The Labute approximate surface area is 130 Å². The number of amides is 1. The Kier molecular flexibility index (Phi) is 5.49. The second kappa shape index (κ2) is 7.56. The zero-order valence-electron chi connectivity index (χ0n) is 12.8. The van der Waals surface area contributed by atoms with E-state index in [1.54, 1.807) is 24.4 Å². The van der Waals surface area contributed by atoms with Crippen LogP contribution in [-0.4, -0.2) is 28.6 Å². The SMILES string of the molecule is CCC(CO)Nc1ccc(NC(=O)c2ccccc2C)cn1. The van der Waals surface area contributed by atoms with Crippen LogP contribution in [-0.2, 0) is 0 Å². The number of benzene rings is 1. The lowest BCUT2D eigenvalue weighted by molar-refractivity contribution is 0.102. The molecule has 1 amide bonds. The van der Waals surface area contributed by atoms with Gasteiger partial charge in [-0.05, 0) is 37.1 Å².